The van der Waals surface area contributed by atoms with Crippen LogP contribution in [0.4, 0.5) is 9.59 Å². The van der Waals surface area contributed by atoms with Crippen molar-refractivity contribution in [3.8, 4) is 0 Å². The van der Waals surface area contributed by atoms with Gasteiger partial charge in [-0.1, -0.05) is 12.8 Å². The number of carbonyl (C=O) groups is 3. The number of nitrogens with one attached hydrogen (secondary N) is 1. The molecule has 228 valence electrons. The number of methoxy groups -OCH3 is 1. The van der Waals surface area contributed by atoms with Crippen LogP contribution >= 0.6 is 0 Å². The number of carbonyl (C=O) groups excluding carboxylic acids is 3. The Morgan fingerprint density at radius 1 is 1.05 bits per heavy atom. The maximum absolute atomic E-state index is 12.6. The second-order valence-electron chi connectivity index (χ2n) is 12.3. The molecule has 0 spiro atoms. The molecular formula is C28H50N6O6. The Labute approximate surface area is 238 Å². The molecule has 3 heterocycles. The fourth-order valence-corrected chi connectivity index (χ4v) is 5.75. The van der Waals surface area contributed by atoms with E-state index in [-0.39, 0.29) is 24.0 Å². The van der Waals surface area contributed by atoms with E-state index in [4.69, 9.17) is 25.4 Å². The van der Waals surface area contributed by atoms with Gasteiger partial charge in [0, 0.05) is 52.2 Å². The molecule has 3 fully saturated rings. The minimum Gasteiger partial charge on any atom is -0.469 e. The van der Waals surface area contributed by atoms with Gasteiger partial charge in [0.1, 0.15) is 17.5 Å². The Morgan fingerprint density at radius 3 is 2.40 bits per heavy atom. The molecule has 12 nitrogen and oxygen atoms in total. The fourth-order valence-electron chi connectivity index (χ4n) is 5.75. The number of esters is 1. The minimum absolute atomic E-state index is 0.00129. The predicted octanol–water partition coefficient (Wildman–Crippen LogP) is 2.50. The van der Waals surface area contributed by atoms with E-state index in [1.165, 1.54) is 7.11 Å². The number of ether oxygens (including phenoxy) is 3. The highest BCUT2D eigenvalue weighted by Gasteiger charge is 2.36. The second kappa shape index (κ2) is 14.9. The third-order valence-corrected chi connectivity index (χ3v) is 7.95. The van der Waals surface area contributed by atoms with E-state index in [0.717, 1.165) is 71.4 Å². The Balaban J connectivity index is 1.31. The summed E-state index contributed by atoms with van der Waals surface area (Å²) in [6.07, 6.45) is 4.88. The predicted molar refractivity (Wildman–Crippen MR) is 151 cm³/mol. The van der Waals surface area contributed by atoms with Gasteiger partial charge < -0.3 is 29.7 Å². The Bertz CT molecular complexity index is 872. The number of amides is 2. The van der Waals surface area contributed by atoms with Crippen LogP contribution in [0.1, 0.15) is 65.7 Å². The van der Waals surface area contributed by atoms with Gasteiger partial charge in [0.2, 0.25) is 0 Å². The zero-order valence-corrected chi connectivity index (χ0v) is 24.9. The summed E-state index contributed by atoms with van der Waals surface area (Å²) in [5.41, 5.74) is 5.26. The average molecular weight is 567 g/mol. The minimum atomic E-state index is -0.590. The summed E-state index contributed by atoms with van der Waals surface area (Å²) in [7, 11) is 1.42. The molecule has 3 atom stereocenters. The maximum atomic E-state index is 12.6. The third kappa shape index (κ3) is 10.1. The number of piperidine rings is 1. The smallest absolute Gasteiger partial charge is 0.410 e. The van der Waals surface area contributed by atoms with Gasteiger partial charge in [-0.2, -0.15) is 0 Å². The summed E-state index contributed by atoms with van der Waals surface area (Å²) in [5, 5.41) is 8.00. The van der Waals surface area contributed by atoms with E-state index >= 15 is 0 Å². The van der Waals surface area contributed by atoms with Gasteiger partial charge in [-0.05, 0) is 58.9 Å². The zero-order chi connectivity index (χ0) is 29.3. The molecule has 0 aromatic carbocycles. The van der Waals surface area contributed by atoms with Gasteiger partial charge >= 0.3 is 18.2 Å². The molecule has 0 radical (unpaired) electrons. The van der Waals surface area contributed by atoms with Crippen molar-refractivity contribution in [2.45, 2.75) is 83.5 Å². The number of nitrogens with two attached hydrogens (primary N) is 1. The lowest BCUT2D eigenvalue weighted by atomic mass is 9.86. The van der Waals surface area contributed by atoms with Gasteiger partial charge in [-0.3, -0.25) is 20.0 Å². The highest BCUT2D eigenvalue weighted by molar-refractivity contribution is 5.86. The molecule has 3 unspecified atom stereocenters. The molecule has 3 rings (SSSR count). The molecule has 0 aliphatic carbocycles. The number of hydrogen-bond acceptors (Lipinski definition) is 9. The van der Waals surface area contributed by atoms with Crippen LogP contribution in [0.5, 0.6) is 0 Å². The number of rotatable bonds is 12. The molecule has 3 saturated heterocycles. The Hall–Kier alpha value is -2.60. The summed E-state index contributed by atoms with van der Waals surface area (Å²) < 4.78 is 15.9. The highest BCUT2D eigenvalue weighted by atomic mass is 16.6. The van der Waals surface area contributed by atoms with Crippen molar-refractivity contribution in [3.63, 3.8) is 0 Å². The van der Waals surface area contributed by atoms with Crippen molar-refractivity contribution < 1.29 is 28.6 Å². The average Bonchev–Trinajstić information content (AvgIpc) is 3.24. The molecule has 3 aliphatic heterocycles. The van der Waals surface area contributed by atoms with E-state index in [1.807, 2.05) is 25.7 Å². The van der Waals surface area contributed by atoms with E-state index in [1.54, 1.807) is 4.90 Å². The lowest BCUT2D eigenvalue weighted by Crippen LogP contribution is -2.53. The van der Waals surface area contributed by atoms with Crippen LogP contribution in [0.25, 0.3) is 0 Å². The van der Waals surface area contributed by atoms with E-state index in [9.17, 15) is 14.4 Å². The molecule has 2 amide bonds. The quantitative estimate of drug-likeness (QED) is 0.120. The van der Waals surface area contributed by atoms with Crippen molar-refractivity contribution in [1.82, 2.24) is 19.6 Å². The number of likely N-dealkylation sites (tertiary alicyclic amines) is 1. The van der Waals surface area contributed by atoms with Crippen LogP contribution in [0, 0.1) is 11.3 Å². The first-order chi connectivity index (χ1) is 18.9. The fraction of sp³-hybridized carbons (Fsp3) is 0.857. The summed E-state index contributed by atoms with van der Waals surface area (Å²) in [6, 6.07) is -0.426. The maximum Gasteiger partial charge on any atom is 0.410 e. The summed E-state index contributed by atoms with van der Waals surface area (Å²) >= 11 is 0. The lowest BCUT2D eigenvalue weighted by Gasteiger charge is -2.39. The largest absolute Gasteiger partial charge is 0.469 e. The molecule has 3 aliphatic rings. The third-order valence-electron chi connectivity index (χ3n) is 7.95. The van der Waals surface area contributed by atoms with Crippen molar-refractivity contribution in [2.24, 2.45) is 11.7 Å². The first kappa shape index (κ1) is 31.9. The first-order valence-electron chi connectivity index (χ1n) is 14.8. The number of unbranched alkanes of at least 4 members (excludes halogenated alkanes) is 1. The molecule has 0 aromatic rings. The van der Waals surface area contributed by atoms with Crippen molar-refractivity contribution >= 4 is 24.0 Å². The molecule has 0 aromatic heterocycles. The first-order valence-corrected chi connectivity index (χ1v) is 14.8. The van der Waals surface area contributed by atoms with E-state index in [2.05, 4.69) is 9.80 Å². The van der Waals surface area contributed by atoms with Gasteiger partial charge in [0.25, 0.3) is 0 Å². The SMILES string of the molecule is COC(=O)CCCN1CCN(CC2CN(CCCCC3CCN(C(=O)OC(C)(C)C)C(C(=N)N)C3)C(=O)O2)CC1. The topological polar surface area (TPSA) is 142 Å². The normalized spacial score (nSPS) is 24.6. The Kier molecular flexibility index (Phi) is 11.9. The van der Waals surface area contributed by atoms with Crippen LogP contribution in [-0.4, -0.2) is 127 Å². The Morgan fingerprint density at radius 2 is 1.75 bits per heavy atom. The van der Waals surface area contributed by atoms with Gasteiger partial charge in [0.05, 0.1) is 19.7 Å². The molecule has 0 saturated carbocycles. The number of amidine groups is 1. The van der Waals surface area contributed by atoms with Crippen molar-refractivity contribution in [2.75, 3.05) is 66.0 Å². The highest BCUT2D eigenvalue weighted by Crippen LogP contribution is 2.29. The molecule has 3 N–H and O–H groups in total. The number of nitrogens with zero attached hydrogens (tertiary/aromatic N) is 4. The number of piperazine rings is 1. The van der Waals surface area contributed by atoms with Crippen molar-refractivity contribution in [1.29, 1.82) is 5.41 Å². The summed E-state index contributed by atoms with van der Waals surface area (Å²) in [5.74, 6) is 0.222. The van der Waals surface area contributed by atoms with Gasteiger partial charge in [0.15, 0.2) is 0 Å². The van der Waals surface area contributed by atoms with E-state index in [0.29, 0.717) is 38.4 Å². The second-order valence-corrected chi connectivity index (χ2v) is 12.3. The van der Waals surface area contributed by atoms with Gasteiger partial charge in [-0.25, -0.2) is 9.59 Å². The zero-order valence-electron chi connectivity index (χ0n) is 24.9. The van der Waals surface area contributed by atoms with Crippen molar-refractivity contribution in [3.05, 3.63) is 0 Å². The molecule has 0 bridgehead atoms. The van der Waals surface area contributed by atoms with Crippen LogP contribution in [0.3, 0.4) is 0 Å². The monoisotopic (exact) mass is 566 g/mol. The standard InChI is InChI=1S/C28H50N6O6/c1-28(2,3)40-27(37)34-13-10-21(18-23(34)25(29)30)8-5-6-12-33-20-22(39-26(33)36)19-32-16-14-31(15-17-32)11-7-9-24(35)38-4/h21-23H,5-20H2,1-4H3,(H3,29,30). The van der Waals surface area contributed by atoms with Gasteiger partial charge in [-0.15, -0.1) is 0 Å². The lowest BCUT2D eigenvalue weighted by molar-refractivity contribution is -0.140. The molecule has 12 heteroatoms. The summed E-state index contributed by atoms with van der Waals surface area (Å²) in [4.78, 5) is 44.5. The van der Waals surface area contributed by atoms with Crippen LogP contribution < -0.4 is 5.73 Å². The number of cyclic esters (lactones) is 1. The van der Waals surface area contributed by atoms with E-state index < -0.39 is 17.7 Å². The van der Waals surface area contributed by atoms with Crippen LogP contribution in [0.15, 0.2) is 0 Å². The summed E-state index contributed by atoms with van der Waals surface area (Å²) in [6.45, 7) is 12.7. The molecular weight excluding hydrogens is 516 g/mol. The number of hydrogen-bond donors (Lipinski definition) is 2. The van der Waals surface area contributed by atoms with Crippen LogP contribution in [0.2, 0.25) is 0 Å². The van der Waals surface area contributed by atoms with Crippen LogP contribution in [-0.2, 0) is 19.0 Å². The molecule has 40 heavy (non-hydrogen) atoms.